The van der Waals surface area contributed by atoms with E-state index in [1.54, 1.807) is 12.1 Å². The Hall–Kier alpha value is -3.06. The van der Waals surface area contributed by atoms with Gasteiger partial charge in [0, 0.05) is 29.2 Å². The quantitative estimate of drug-likeness (QED) is 0.448. The summed E-state index contributed by atoms with van der Waals surface area (Å²) in [5.41, 5.74) is 2.50. The molecule has 0 fully saturated rings. The number of carbonyl (C=O) groups excluding carboxylic acids is 1. The monoisotopic (exact) mass is 332 g/mol. The first kappa shape index (κ1) is 16.8. The third-order valence-electron chi connectivity index (χ3n) is 4.24. The molecule has 2 aromatic carbocycles. The summed E-state index contributed by atoms with van der Waals surface area (Å²) in [5, 5.41) is 9.78. The number of nitriles is 1. The van der Waals surface area contributed by atoms with Crippen LogP contribution < -0.4 is 4.74 Å². The first-order chi connectivity index (χ1) is 12.3. The molecule has 3 aromatic rings. The van der Waals surface area contributed by atoms with Crippen LogP contribution in [0.1, 0.15) is 35.2 Å². The summed E-state index contributed by atoms with van der Waals surface area (Å²) in [6.45, 7) is 1.56. The molecule has 3 rings (SSSR count). The summed E-state index contributed by atoms with van der Waals surface area (Å²) >= 11 is 0. The van der Waals surface area contributed by atoms with E-state index in [2.05, 4.69) is 16.7 Å². The zero-order valence-corrected chi connectivity index (χ0v) is 14.0. The van der Waals surface area contributed by atoms with E-state index in [4.69, 9.17) is 10.00 Å². The summed E-state index contributed by atoms with van der Waals surface area (Å²) in [6.07, 6.45) is 5.92. The highest BCUT2D eigenvalue weighted by molar-refractivity contribution is 5.97. The number of nitrogens with zero attached hydrogens (tertiary/aromatic N) is 2. The van der Waals surface area contributed by atoms with Crippen molar-refractivity contribution in [1.29, 1.82) is 5.26 Å². The molecule has 0 aliphatic rings. The van der Waals surface area contributed by atoms with Gasteiger partial charge in [0.25, 0.3) is 0 Å². The summed E-state index contributed by atoms with van der Waals surface area (Å²) in [6, 6.07) is 17.3. The van der Waals surface area contributed by atoms with Gasteiger partial charge in [-0.3, -0.25) is 4.79 Å². The fraction of sp³-hybridized carbons (Fsp3) is 0.238. The molecule has 0 saturated heterocycles. The lowest BCUT2D eigenvalue weighted by Gasteiger charge is -2.07. The SMILES string of the molecule is N#Cc1ccc(OCCCCCn2cc(C=O)c3ccccc32)cc1. The minimum atomic E-state index is 0.640. The fourth-order valence-corrected chi connectivity index (χ4v) is 2.93. The standard InChI is InChI=1S/C21H20N2O2/c22-14-17-8-10-19(11-9-17)25-13-5-1-4-12-23-15-18(16-24)20-6-2-3-7-21(20)23/h2-3,6-11,15-16H,1,4-5,12-13H2. The molecule has 0 unspecified atom stereocenters. The number of fused-ring (bicyclic) bond motifs is 1. The Morgan fingerprint density at radius 1 is 1.04 bits per heavy atom. The number of rotatable bonds is 8. The number of carbonyl (C=O) groups is 1. The zero-order valence-electron chi connectivity index (χ0n) is 14.0. The van der Waals surface area contributed by atoms with Gasteiger partial charge in [-0.05, 0) is 49.6 Å². The van der Waals surface area contributed by atoms with E-state index in [-0.39, 0.29) is 0 Å². The predicted molar refractivity (Wildman–Crippen MR) is 97.8 cm³/mol. The van der Waals surface area contributed by atoms with E-state index in [1.807, 2.05) is 36.5 Å². The third kappa shape index (κ3) is 4.07. The van der Waals surface area contributed by atoms with Gasteiger partial charge in [0.05, 0.1) is 18.2 Å². The van der Waals surface area contributed by atoms with Crippen LogP contribution in [0.2, 0.25) is 0 Å². The van der Waals surface area contributed by atoms with Crippen LogP contribution in [0.15, 0.2) is 54.7 Å². The van der Waals surface area contributed by atoms with Crippen LogP contribution in [0.5, 0.6) is 5.75 Å². The summed E-state index contributed by atoms with van der Waals surface area (Å²) in [7, 11) is 0. The van der Waals surface area contributed by atoms with Crippen LogP contribution in [0.25, 0.3) is 10.9 Å². The number of hydrogen-bond donors (Lipinski definition) is 0. The van der Waals surface area contributed by atoms with Gasteiger partial charge in [-0.1, -0.05) is 18.2 Å². The molecular weight excluding hydrogens is 312 g/mol. The lowest BCUT2D eigenvalue weighted by atomic mass is 10.2. The number of aromatic nitrogens is 1. The molecule has 0 saturated carbocycles. The smallest absolute Gasteiger partial charge is 0.152 e. The molecule has 4 heteroatoms. The van der Waals surface area contributed by atoms with Gasteiger partial charge in [-0.15, -0.1) is 0 Å². The second kappa shape index (κ2) is 8.16. The molecule has 25 heavy (non-hydrogen) atoms. The average Bonchev–Trinajstić information content (AvgIpc) is 3.03. The molecule has 1 heterocycles. The molecule has 4 nitrogen and oxygen atoms in total. The van der Waals surface area contributed by atoms with Crippen LogP contribution in [0.3, 0.4) is 0 Å². The first-order valence-corrected chi connectivity index (χ1v) is 8.48. The van der Waals surface area contributed by atoms with Crippen LogP contribution in [0, 0.1) is 11.3 Å². The lowest BCUT2D eigenvalue weighted by molar-refractivity contribution is 0.112. The van der Waals surface area contributed by atoms with Gasteiger partial charge in [0.15, 0.2) is 6.29 Å². The molecule has 0 amide bonds. The number of benzene rings is 2. The van der Waals surface area contributed by atoms with Crippen LogP contribution in [-0.2, 0) is 6.54 Å². The molecule has 0 atom stereocenters. The van der Waals surface area contributed by atoms with E-state index in [9.17, 15) is 4.79 Å². The van der Waals surface area contributed by atoms with Crippen molar-refractivity contribution in [2.75, 3.05) is 6.61 Å². The van der Waals surface area contributed by atoms with E-state index in [0.717, 1.165) is 54.3 Å². The highest BCUT2D eigenvalue weighted by atomic mass is 16.5. The number of unbranched alkanes of at least 4 members (excludes halogenated alkanes) is 2. The van der Waals surface area contributed by atoms with Crippen molar-refractivity contribution >= 4 is 17.2 Å². The van der Waals surface area contributed by atoms with Crippen molar-refractivity contribution < 1.29 is 9.53 Å². The van der Waals surface area contributed by atoms with Crippen LogP contribution >= 0.6 is 0 Å². The van der Waals surface area contributed by atoms with Gasteiger partial charge >= 0.3 is 0 Å². The summed E-state index contributed by atoms with van der Waals surface area (Å²) in [5.74, 6) is 0.797. The van der Waals surface area contributed by atoms with E-state index in [0.29, 0.717) is 12.2 Å². The summed E-state index contributed by atoms with van der Waals surface area (Å²) < 4.78 is 7.84. The average molecular weight is 332 g/mol. The number of para-hydroxylation sites is 1. The second-order valence-corrected chi connectivity index (χ2v) is 5.96. The number of hydrogen-bond acceptors (Lipinski definition) is 3. The van der Waals surface area contributed by atoms with Crippen molar-refractivity contribution in [1.82, 2.24) is 4.57 Å². The fourth-order valence-electron chi connectivity index (χ4n) is 2.93. The molecule has 0 N–H and O–H groups in total. The maximum Gasteiger partial charge on any atom is 0.152 e. The number of ether oxygens (including phenoxy) is 1. The Morgan fingerprint density at radius 2 is 1.84 bits per heavy atom. The van der Waals surface area contributed by atoms with Crippen molar-refractivity contribution in [3.8, 4) is 11.8 Å². The number of aryl methyl sites for hydroxylation is 1. The zero-order chi connectivity index (χ0) is 17.5. The predicted octanol–water partition coefficient (Wildman–Crippen LogP) is 4.57. The second-order valence-electron chi connectivity index (χ2n) is 5.96. The Bertz CT molecular complexity index is 888. The van der Waals surface area contributed by atoms with Crippen molar-refractivity contribution in [3.05, 3.63) is 65.9 Å². The van der Waals surface area contributed by atoms with Crippen LogP contribution in [0.4, 0.5) is 0 Å². The molecule has 0 bridgehead atoms. The first-order valence-electron chi connectivity index (χ1n) is 8.48. The van der Waals surface area contributed by atoms with E-state index in [1.165, 1.54) is 0 Å². The number of aldehydes is 1. The lowest BCUT2D eigenvalue weighted by Crippen LogP contribution is -2.00. The molecule has 0 spiro atoms. The molecule has 126 valence electrons. The van der Waals surface area contributed by atoms with E-state index >= 15 is 0 Å². The molecular formula is C21H20N2O2. The van der Waals surface area contributed by atoms with Gasteiger partial charge < -0.3 is 9.30 Å². The van der Waals surface area contributed by atoms with Crippen molar-refractivity contribution in [2.24, 2.45) is 0 Å². The third-order valence-corrected chi connectivity index (χ3v) is 4.24. The van der Waals surface area contributed by atoms with Gasteiger partial charge in [-0.2, -0.15) is 5.26 Å². The van der Waals surface area contributed by atoms with Crippen molar-refractivity contribution in [3.63, 3.8) is 0 Å². The summed E-state index contributed by atoms with van der Waals surface area (Å²) in [4.78, 5) is 11.2. The maximum atomic E-state index is 11.2. The van der Waals surface area contributed by atoms with Gasteiger partial charge in [0.1, 0.15) is 5.75 Å². The molecule has 0 aliphatic heterocycles. The van der Waals surface area contributed by atoms with Gasteiger partial charge in [-0.25, -0.2) is 0 Å². The Kier molecular flexibility index (Phi) is 5.48. The Labute approximate surface area is 147 Å². The topological polar surface area (TPSA) is 55.0 Å². The Morgan fingerprint density at radius 3 is 2.60 bits per heavy atom. The van der Waals surface area contributed by atoms with Crippen molar-refractivity contribution in [2.45, 2.75) is 25.8 Å². The van der Waals surface area contributed by atoms with Crippen LogP contribution in [-0.4, -0.2) is 17.5 Å². The largest absolute Gasteiger partial charge is 0.494 e. The highest BCUT2D eigenvalue weighted by Crippen LogP contribution is 2.20. The minimum Gasteiger partial charge on any atom is -0.494 e. The normalized spacial score (nSPS) is 10.5. The van der Waals surface area contributed by atoms with E-state index < -0.39 is 0 Å². The molecule has 1 aromatic heterocycles. The highest BCUT2D eigenvalue weighted by Gasteiger charge is 2.06. The Balaban J connectivity index is 1.44. The maximum absolute atomic E-state index is 11.2. The molecule has 0 aliphatic carbocycles. The van der Waals surface area contributed by atoms with Gasteiger partial charge in [0.2, 0.25) is 0 Å². The minimum absolute atomic E-state index is 0.640. The molecule has 0 radical (unpaired) electrons.